The van der Waals surface area contributed by atoms with Crippen LogP contribution in [0.15, 0.2) is 58.4 Å². The van der Waals surface area contributed by atoms with E-state index in [1.807, 2.05) is 29.6 Å². The lowest BCUT2D eigenvalue weighted by Crippen LogP contribution is -2.01. The van der Waals surface area contributed by atoms with Crippen molar-refractivity contribution in [3.8, 4) is 27.6 Å². The molecule has 0 aliphatic rings. The fourth-order valence-electron chi connectivity index (χ4n) is 1.94. The van der Waals surface area contributed by atoms with Crippen molar-refractivity contribution in [3.05, 3.63) is 58.4 Å². The Morgan fingerprint density at radius 1 is 0.955 bits per heavy atom. The second-order valence-electron chi connectivity index (χ2n) is 4.45. The maximum absolute atomic E-state index is 12.1. The van der Waals surface area contributed by atoms with Crippen molar-refractivity contribution >= 4 is 27.3 Å². The fraction of sp³-hybridized carbons (Fsp3) is 0.0625. The summed E-state index contributed by atoms with van der Waals surface area (Å²) in [7, 11) is 0. The van der Waals surface area contributed by atoms with Crippen molar-refractivity contribution in [1.29, 1.82) is 0 Å². The molecule has 1 aromatic heterocycles. The molecule has 0 saturated heterocycles. The first-order valence-corrected chi connectivity index (χ1v) is 8.06. The van der Waals surface area contributed by atoms with Crippen molar-refractivity contribution in [2.45, 2.75) is 6.61 Å². The minimum Gasteiger partial charge on any atom is -0.435 e. The van der Waals surface area contributed by atoms with E-state index in [0.717, 1.165) is 26.3 Å². The first-order valence-electron chi connectivity index (χ1n) is 6.38. The quantitative estimate of drug-likeness (QED) is 0.566. The molecule has 1 heterocycles. The van der Waals surface area contributed by atoms with Crippen LogP contribution in [0.1, 0.15) is 0 Å². The summed E-state index contributed by atoms with van der Waals surface area (Å²) in [6.45, 7) is -2.81. The highest BCUT2D eigenvalue weighted by molar-refractivity contribution is 9.10. The molecule has 0 amide bonds. The van der Waals surface area contributed by atoms with Crippen LogP contribution in [0.25, 0.3) is 21.8 Å². The molecule has 0 aliphatic carbocycles. The molecule has 0 fully saturated rings. The van der Waals surface area contributed by atoms with Gasteiger partial charge in [-0.2, -0.15) is 8.78 Å². The number of ether oxygens (including phenoxy) is 1. The fourth-order valence-corrected chi connectivity index (χ4v) is 3.04. The van der Waals surface area contributed by atoms with Crippen LogP contribution < -0.4 is 4.74 Å². The van der Waals surface area contributed by atoms with Crippen LogP contribution in [0, 0.1) is 0 Å². The topological polar surface area (TPSA) is 22.1 Å². The van der Waals surface area contributed by atoms with Crippen LogP contribution in [-0.2, 0) is 0 Å². The number of thiazole rings is 1. The monoisotopic (exact) mass is 381 g/mol. The molecule has 22 heavy (non-hydrogen) atoms. The van der Waals surface area contributed by atoms with Crippen LogP contribution in [0.2, 0.25) is 0 Å². The third-order valence-electron chi connectivity index (χ3n) is 2.97. The molecule has 3 aromatic rings. The summed E-state index contributed by atoms with van der Waals surface area (Å²) in [4.78, 5) is 4.59. The van der Waals surface area contributed by atoms with Gasteiger partial charge in [-0.15, -0.1) is 11.3 Å². The zero-order chi connectivity index (χ0) is 15.5. The summed E-state index contributed by atoms with van der Waals surface area (Å²) in [5.74, 6) is 0.141. The van der Waals surface area contributed by atoms with Gasteiger partial charge < -0.3 is 4.74 Å². The van der Waals surface area contributed by atoms with E-state index in [2.05, 4.69) is 25.7 Å². The SMILES string of the molecule is FC(F)Oc1ccc(-c2csc(-c3ccc(Br)cc3)n2)cc1. The van der Waals surface area contributed by atoms with Crippen molar-refractivity contribution in [2.75, 3.05) is 0 Å². The van der Waals surface area contributed by atoms with Crippen molar-refractivity contribution in [3.63, 3.8) is 0 Å². The number of hydrogen-bond acceptors (Lipinski definition) is 3. The molecular formula is C16H10BrF2NOS. The van der Waals surface area contributed by atoms with Gasteiger partial charge in [-0.05, 0) is 36.4 Å². The molecule has 3 rings (SSSR count). The molecule has 0 N–H and O–H groups in total. The normalized spacial score (nSPS) is 10.9. The highest BCUT2D eigenvalue weighted by atomic mass is 79.9. The lowest BCUT2D eigenvalue weighted by Gasteiger charge is -2.04. The number of halogens is 3. The Hall–Kier alpha value is -1.79. The standard InChI is InChI=1S/C16H10BrF2NOS/c17-12-5-1-11(2-6-12)15-20-14(9-22-15)10-3-7-13(8-4-10)21-16(18)19/h1-9,16H. The van der Waals surface area contributed by atoms with Gasteiger partial charge in [-0.1, -0.05) is 28.1 Å². The number of aromatic nitrogens is 1. The average molecular weight is 382 g/mol. The average Bonchev–Trinajstić information content (AvgIpc) is 2.98. The maximum atomic E-state index is 12.1. The van der Waals surface area contributed by atoms with Crippen LogP contribution in [0.3, 0.4) is 0 Å². The van der Waals surface area contributed by atoms with Crippen molar-refractivity contribution in [1.82, 2.24) is 4.98 Å². The van der Waals surface area contributed by atoms with Gasteiger partial charge >= 0.3 is 6.61 Å². The third-order valence-corrected chi connectivity index (χ3v) is 4.39. The van der Waals surface area contributed by atoms with E-state index in [0.29, 0.717) is 0 Å². The summed E-state index contributed by atoms with van der Waals surface area (Å²) >= 11 is 4.94. The molecule has 0 bridgehead atoms. The highest BCUT2D eigenvalue weighted by Gasteiger charge is 2.08. The van der Waals surface area contributed by atoms with Gasteiger partial charge in [0.15, 0.2) is 0 Å². The molecule has 6 heteroatoms. The van der Waals surface area contributed by atoms with Gasteiger partial charge in [-0.25, -0.2) is 4.98 Å². The lowest BCUT2D eigenvalue weighted by atomic mass is 10.1. The Labute approximate surface area is 138 Å². The molecule has 112 valence electrons. The van der Waals surface area contributed by atoms with Crippen molar-refractivity contribution < 1.29 is 13.5 Å². The minimum absolute atomic E-state index is 0.141. The van der Waals surface area contributed by atoms with Gasteiger partial charge in [0.2, 0.25) is 0 Å². The molecule has 0 saturated carbocycles. The number of benzene rings is 2. The lowest BCUT2D eigenvalue weighted by molar-refractivity contribution is -0.0498. The molecule has 2 aromatic carbocycles. The minimum atomic E-state index is -2.81. The summed E-state index contributed by atoms with van der Waals surface area (Å²) < 4.78 is 29.6. The predicted octanol–water partition coefficient (Wildman–Crippen LogP) is 5.84. The van der Waals surface area contributed by atoms with E-state index < -0.39 is 6.61 Å². The molecule has 2 nitrogen and oxygen atoms in total. The smallest absolute Gasteiger partial charge is 0.387 e. The van der Waals surface area contributed by atoms with E-state index in [1.54, 1.807) is 23.5 Å². The summed E-state index contributed by atoms with van der Waals surface area (Å²) in [5, 5.41) is 2.86. The summed E-state index contributed by atoms with van der Waals surface area (Å²) in [5.41, 5.74) is 2.71. The first kappa shape index (κ1) is 15.1. The Balaban J connectivity index is 1.82. The van der Waals surface area contributed by atoms with Crippen LogP contribution in [0.5, 0.6) is 5.75 Å². The summed E-state index contributed by atoms with van der Waals surface area (Å²) in [6, 6.07) is 14.4. The predicted molar refractivity (Wildman–Crippen MR) is 87.3 cm³/mol. The van der Waals surface area contributed by atoms with E-state index in [9.17, 15) is 8.78 Å². The van der Waals surface area contributed by atoms with Crippen molar-refractivity contribution in [2.24, 2.45) is 0 Å². The molecule has 0 spiro atoms. The molecule has 0 atom stereocenters. The second-order valence-corrected chi connectivity index (χ2v) is 6.22. The number of alkyl halides is 2. The van der Waals surface area contributed by atoms with Gasteiger partial charge in [0.1, 0.15) is 10.8 Å². The van der Waals surface area contributed by atoms with Gasteiger partial charge in [0, 0.05) is 21.0 Å². The first-order chi connectivity index (χ1) is 10.6. The number of rotatable bonds is 4. The van der Waals surface area contributed by atoms with E-state index in [4.69, 9.17) is 0 Å². The molecular weight excluding hydrogens is 372 g/mol. The van der Waals surface area contributed by atoms with Crippen LogP contribution >= 0.6 is 27.3 Å². The van der Waals surface area contributed by atoms with E-state index in [1.165, 1.54) is 12.1 Å². The Morgan fingerprint density at radius 2 is 1.59 bits per heavy atom. The number of nitrogens with zero attached hydrogens (tertiary/aromatic N) is 1. The zero-order valence-corrected chi connectivity index (χ0v) is 13.6. The third kappa shape index (κ3) is 3.51. The largest absolute Gasteiger partial charge is 0.435 e. The van der Waals surface area contributed by atoms with Gasteiger partial charge in [-0.3, -0.25) is 0 Å². The Kier molecular flexibility index (Phi) is 4.49. The van der Waals surface area contributed by atoms with E-state index >= 15 is 0 Å². The Morgan fingerprint density at radius 3 is 2.23 bits per heavy atom. The summed E-state index contributed by atoms with van der Waals surface area (Å²) in [6.07, 6.45) is 0. The maximum Gasteiger partial charge on any atom is 0.387 e. The highest BCUT2D eigenvalue weighted by Crippen LogP contribution is 2.30. The van der Waals surface area contributed by atoms with Gasteiger partial charge in [0.05, 0.1) is 5.69 Å². The van der Waals surface area contributed by atoms with Crippen LogP contribution in [-0.4, -0.2) is 11.6 Å². The molecule has 0 aliphatic heterocycles. The second kappa shape index (κ2) is 6.54. The van der Waals surface area contributed by atoms with E-state index in [-0.39, 0.29) is 5.75 Å². The Bertz CT molecular complexity index is 757. The zero-order valence-electron chi connectivity index (χ0n) is 11.2. The van der Waals surface area contributed by atoms with Gasteiger partial charge in [0.25, 0.3) is 0 Å². The molecule has 0 radical (unpaired) electrons. The number of hydrogen-bond donors (Lipinski definition) is 0. The molecule has 0 unspecified atom stereocenters. The van der Waals surface area contributed by atoms with Crippen LogP contribution in [0.4, 0.5) is 8.78 Å².